The first-order valence-electron chi connectivity index (χ1n) is 37.3. The zero-order valence-electron chi connectivity index (χ0n) is 70.7. The Morgan fingerprint density at radius 1 is 0.279 bits per heavy atom. The predicted molar refractivity (Wildman–Crippen MR) is 503 cm³/mol. The second kappa shape index (κ2) is 32.3. The molecule has 18 rings (SSSR count). The molecule has 0 N–H and O–H groups in total. The smallest absolute Gasteiger partial charge is 0.261 e. The molecule has 2 amide bonds. The number of aryl methyl sites for hydroxylation is 27. The molecule has 0 fully saturated rings. The van der Waals surface area contributed by atoms with Gasteiger partial charge >= 0.3 is 85.2 Å². The number of amides is 2. The van der Waals surface area contributed by atoms with Crippen LogP contribution in [0.5, 0.6) is 0 Å². The maximum atomic E-state index is 13.3. The number of carbonyl (C=O) groups excluding carboxylic acids is 3. The van der Waals surface area contributed by atoms with Crippen molar-refractivity contribution in [1.29, 1.82) is 0 Å². The molecule has 16 aromatic rings. The molecule has 15 aromatic heterocycles. The van der Waals surface area contributed by atoms with Crippen molar-refractivity contribution >= 4 is 261 Å². The second-order valence-electron chi connectivity index (χ2n) is 30.1. The fourth-order valence-electron chi connectivity index (χ4n) is 14.7. The summed E-state index contributed by atoms with van der Waals surface area (Å²) in [5.74, 6) is 1.90. The van der Waals surface area contributed by atoms with E-state index in [-0.39, 0.29) is 17.6 Å². The van der Waals surface area contributed by atoms with Crippen molar-refractivity contribution in [1.82, 2.24) is 9.80 Å². The number of ketones is 1. The van der Waals surface area contributed by atoms with Crippen molar-refractivity contribution in [2.24, 2.45) is 0 Å². The molecule has 1 aromatic carbocycles. The number of carbonyl (C=O) groups is 3. The Morgan fingerprint density at radius 2 is 0.595 bits per heavy atom. The number of hydrogen-bond donors (Lipinski definition) is 0. The van der Waals surface area contributed by atoms with Crippen LogP contribution in [0, 0.1) is 215 Å². The minimum Gasteiger partial charge on any atom is -0.457 e. The molecule has 0 spiro atoms. The third-order valence-corrected chi connectivity index (χ3v) is 44.5. The number of furan rings is 2. The normalized spacial score (nSPS) is 12.9. The van der Waals surface area contributed by atoms with Gasteiger partial charge in [-0.15, -0.1) is 125 Å². The number of thiophene rings is 11. The van der Waals surface area contributed by atoms with Gasteiger partial charge in [-0.3, -0.25) is 14.4 Å². The van der Waals surface area contributed by atoms with E-state index in [9.17, 15) is 14.4 Å². The van der Waals surface area contributed by atoms with Gasteiger partial charge in [0.2, 0.25) is 0 Å². The van der Waals surface area contributed by atoms with Crippen LogP contribution in [0.3, 0.4) is 0 Å². The van der Waals surface area contributed by atoms with E-state index in [0.717, 1.165) is 71.0 Å². The first-order valence-corrected chi connectivity index (χ1v) is 49.7. The van der Waals surface area contributed by atoms with Crippen molar-refractivity contribution in [3.63, 3.8) is 0 Å². The molecule has 17 heterocycles. The third kappa shape index (κ3) is 14.6. The standard InChI is InChI=1S/C22H24N2O2S2.C16H18S2.C12H12S3.C11H12OS2.C10H12O2.C10H12S2.C10H12Se2/c1-9-11(3)19(27-13(9)5)17-15-16(22(26)23(17)7)18(24(8)21(15)25)20-12(4)10(2)14(6)28-20;1-7-11(5)17-15-10(4)14-8(2)12(6)18-16(14)9(3)13(7)15;1-5-7(3)13-11-9(5)15-10-6(2)8(4)14-12(10)11;1-5-9-7(3)13-8(4)11(9)14-10(5)6(2)12;3*1-5-7(3)11-10-6(2)8(4)12-9(5)10/h1-8H3;1-6H3;1-4H3;1-4H3;3*1-4H3. The maximum absolute atomic E-state index is 13.3. The first-order chi connectivity index (χ1) is 51.9. The minimum atomic E-state index is -0.0936. The van der Waals surface area contributed by atoms with E-state index in [1.54, 1.807) is 93.4 Å². The average Bonchev–Trinajstić information content (AvgIpc) is 1.57. The topological polar surface area (TPSA) is 84.0 Å². The van der Waals surface area contributed by atoms with Crippen LogP contribution in [-0.2, 0) is 9.59 Å². The number of fused-ring (bicyclic) bond motifs is 10. The van der Waals surface area contributed by atoms with Gasteiger partial charge in [0.1, 0.15) is 11.5 Å². The van der Waals surface area contributed by atoms with Crippen molar-refractivity contribution < 1.29 is 23.2 Å². The molecule has 2 aliphatic heterocycles. The zero-order chi connectivity index (χ0) is 81.7. The summed E-state index contributed by atoms with van der Waals surface area (Å²) in [5, 5.41) is 4.32. The van der Waals surface area contributed by atoms with Gasteiger partial charge in [-0.05, 0) is 266 Å². The molecule has 0 atom stereocenters. The molecule has 0 aliphatic carbocycles. The molecule has 0 unspecified atom stereocenters. The van der Waals surface area contributed by atoms with Gasteiger partial charge in [0, 0.05) is 114 Å². The van der Waals surface area contributed by atoms with E-state index in [1.807, 2.05) is 118 Å². The molecule has 0 saturated carbocycles. The summed E-state index contributed by atoms with van der Waals surface area (Å²) in [4.78, 5) is 58.2. The van der Waals surface area contributed by atoms with Crippen LogP contribution in [-0.4, -0.2) is 70.5 Å². The molecule has 584 valence electrons. The number of benzene rings is 1. The molecule has 2 aliphatic rings. The minimum absolute atomic E-state index is 0.0936. The van der Waals surface area contributed by atoms with E-state index in [4.69, 9.17) is 8.83 Å². The number of nitrogens with zero attached hydrogens (tertiary/aromatic N) is 2. The summed E-state index contributed by atoms with van der Waals surface area (Å²) in [6.45, 7) is 69.0. The van der Waals surface area contributed by atoms with Crippen LogP contribution >= 0.6 is 125 Å². The van der Waals surface area contributed by atoms with E-state index in [1.165, 1.54) is 168 Å². The Hall–Kier alpha value is -5.35. The van der Waals surface area contributed by atoms with Crippen LogP contribution in [0.4, 0.5) is 0 Å². The number of hydrogen-bond acceptors (Lipinski definition) is 16. The summed E-state index contributed by atoms with van der Waals surface area (Å²) in [5.41, 5.74) is 27.6. The maximum Gasteiger partial charge on any atom is 0.261 e. The summed E-state index contributed by atoms with van der Waals surface area (Å²) in [7, 11) is 3.56. The van der Waals surface area contributed by atoms with Gasteiger partial charge in [0.15, 0.2) is 16.9 Å². The van der Waals surface area contributed by atoms with Gasteiger partial charge in [0.05, 0.1) is 56.0 Å². The van der Waals surface area contributed by atoms with E-state index < -0.39 is 0 Å². The summed E-state index contributed by atoms with van der Waals surface area (Å²) < 4.78 is 31.2. The zero-order valence-corrected chi connectivity index (χ0v) is 83.2. The van der Waals surface area contributed by atoms with Gasteiger partial charge in [-0.1, -0.05) is 0 Å². The summed E-state index contributed by atoms with van der Waals surface area (Å²) in [6.07, 6.45) is 0. The van der Waals surface area contributed by atoms with Gasteiger partial charge in [-0.2, -0.15) is 0 Å². The van der Waals surface area contributed by atoms with Crippen LogP contribution in [0.15, 0.2) is 20.0 Å². The molecular formula is C91H102N2O5S11Se2. The number of Topliss-reactive ketones (excluding diaryl/α,β-unsaturated/α-hetero) is 1. The second-order valence-corrected chi connectivity index (χ2v) is 48.5. The molecule has 0 bridgehead atoms. The summed E-state index contributed by atoms with van der Waals surface area (Å²) >= 11 is 21.8. The molecule has 7 nitrogen and oxygen atoms in total. The van der Waals surface area contributed by atoms with Crippen molar-refractivity contribution in [2.75, 3.05) is 14.1 Å². The van der Waals surface area contributed by atoms with Gasteiger partial charge in [0.25, 0.3) is 11.8 Å². The van der Waals surface area contributed by atoms with Gasteiger partial charge in [-0.25, -0.2) is 0 Å². The van der Waals surface area contributed by atoms with E-state index in [0.29, 0.717) is 40.2 Å². The quantitative estimate of drug-likeness (QED) is 0.130. The number of likely N-dealkylation sites (N-methyl/N-ethyl adjacent to an activating group) is 2. The molecule has 20 heteroatoms. The summed E-state index contributed by atoms with van der Waals surface area (Å²) in [6, 6.07) is 0. The largest absolute Gasteiger partial charge is 0.457 e. The van der Waals surface area contributed by atoms with Crippen molar-refractivity contribution in [3.8, 4) is 0 Å². The molecule has 0 radical (unpaired) electrons. The van der Waals surface area contributed by atoms with Gasteiger partial charge < -0.3 is 18.6 Å². The van der Waals surface area contributed by atoms with E-state index in [2.05, 4.69) is 187 Å². The number of rotatable bonds is 3. The van der Waals surface area contributed by atoms with Crippen LogP contribution in [0.2, 0.25) is 0 Å². The van der Waals surface area contributed by atoms with E-state index >= 15 is 0 Å². The first kappa shape index (κ1) is 85.0. The van der Waals surface area contributed by atoms with Crippen molar-refractivity contribution in [2.45, 2.75) is 222 Å². The Kier molecular flexibility index (Phi) is 24.7. The van der Waals surface area contributed by atoms with Crippen LogP contribution < -0.4 is 0 Å². The fraction of sp³-hybridized carbons (Fsp3) is 0.374. The Bertz CT molecular complexity index is 6050. The van der Waals surface area contributed by atoms with Crippen LogP contribution in [0.1, 0.15) is 190 Å². The Morgan fingerprint density at radius 3 is 0.919 bits per heavy atom. The predicted octanol–water partition coefficient (Wildman–Crippen LogP) is 29.8. The third-order valence-electron chi connectivity index (χ3n) is 23.3. The SMILES string of the molecule is CC(=O)c1sc2c(C)sc(C)c2c1C.Cc1[se]c2c(C)c(C)[se]c2c1C.Cc1oc2c(C)c(C)oc2c1C.Cc1sc(C2=C3C(=O)N(C)C(c4sc(C)c(C)c4C)=C3C(=O)N2C)c(C)c1C.Cc1sc2c(C)c(C)sc2c1C.Cc1sc2c(C)c3c(C)c(C)sc3c(C)c2c1C.Cc1sc2c(sc3c(C)c(C)sc32)c1C. The molecular weight excluding hydrogens is 1710 g/mol. The molecule has 111 heavy (non-hydrogen) atoms. The Labute approximate surface area is 711 Å². The average molecular weight is 1810 g/mol. The fourth-order valence-corrected chi connectivity index (χ4v) is 35.2. The van der Waals surface area contributed by atoms with Crippen molar-refractivity contribution in [3.05, 3.63) is 190 Å². The molecule has 0 saturated heterocycles. The monoisotopic (exact) mass is 1810 g/mol. The Balaban J connectivity index is 0.000000123. The van der Waals surface area contributed by atoms with Crippen LogP contribution in [0.25, 0.3) is 89.5 Å².